The standard InChI is InChI=1S/C16H25O3PS.Na/c1-2-3-7-13-8-6-9-14(12-13)20-15-10-4-5-11-16(15)21(17,18)19;/h4-5,10-11,13-14,20H,2-3,6-9,12H2,1H3,(H,17,18,19);/q;+1/p-1. The molecule has 0 heterocycles. The van der Waals surface area contributed by atoms with E-state index in [1.54, 1.807) is 12.1 Å². The van der Waals surface area contributed by atoms with Crippen molar-refractivity contribution in [2.45, 2.75) is 62.4 Å². The van der Waals surface area contributed by atoms with Crippen LogP contribution in [-0.2, 0) is 10.1 Å². The fraction of sp³-hybridized carbons (Fsp3) is 0.625. The van der Waals surface area contributed by atoms with Crippen molar-refractivity contribution in [3.05, 3.63) is 24.3 Å². The van der Waals surface area contributed by atoms with E-state index in [-0.39, 0.29) is 34.5 Å². The molecular weight excluding hydrogens is 326 g/mol. The summed E-state index contributed by atoms with van der Waals surface area (Å²) in [4.78, 5) is -0.0148. The maximum atomic E-state index is 11.3. The van der Waals surface area contributed by atoms with E-state index >= 15 is 0 Å². The second-order valence-electron chi connectivity index (χ2n) is 5.97. The average molecular weight is 350 g/mol. The molecule has 0 saturated heterocycles. The molecule has 0 amide bonds. The molecule has 3 nitrogen and oxygen atoms in total. The molecule has 0 radical (unpaired) electrons. The summed E-state index contributed by atoms with van der Waals surface area (Å²) in [6.07, 6.45) is 8.70. The molecule has 0 aromatic heterocycles. The van der Waals surface area contributed by atoms with E-state index in [4.69, 9.17) is 0 Å². The minimum atomic E-state index is -4.36. The molecule has 1 saturated carbocycles. The first-order valence-corrected chi connectivity index (χ1v) is 10.3. The topological polar surface area (TPSA) is 57.2 Å². The fourth-order valence-electron chi connectivity index (χ4n) is 3.20. The summed E-state index contributed by atoms with van der Waals surface area (Å²) in [5.41, 5.74) is 0.545. The van der Waals surface area contributed by atoms with Gasteiger partial charge in [-0.15, -0.1) is 0 Å². The summed E-state index contributed by atoms with van der Waals surface area (Å²) >= 11 is 0. The van der Waals surface area contributed by atoms with Gasteiger partial charge in [-0.25, -0.2) is 8.42 Å². The second-order valence-corrected chi connectivity index (χ2v) is 8.96. The third kappa shape index (κ3) is 6.22. The minimum absolute atomic E-state index is 0. The normalized spacial score (nSPS) is 22.6. The average Bonchev–Trinajstić information content (AvgIpc) is 2.45. The van der Waals surface area contributed by atoms with Gasteiger partial charge in [-0.05, 0) is 35.8 Å². The van der Waals surface area contributed by atoms with Gasteiger partial charge in [-0.3, -0.25) is 0 Å². The Morgan fingerprint density at radius 3 is 2.68 bits per heavy atom. The molecule has 1 aliphatic carbocycles. The summed E-state index contributed by atoms with van der Waals surface area (Å²) in [7, 11) is -3.92. The van der Waals surface area contributed by atoms with Crippen molar-refractivity contribution in [3.63, 3.8) is 0 Å². The molecule has 1 fully saturated rings. The molecule has 22 heavy (non-hydrogen) atoms. The largest absolute Gasteiger partial charge is 1.00 e. The zero-order chi connectivity index (χ0) is 15.3. The van der Waals surface area contributed by atoms with Crippen LogP contribution in [0.5, 0.6) is 0 Å². The number of hydrogen-bond donors (Lipinski definition) is 0. The van der Waals surface area contributed by atoms with Gasteiger partial charge in [0.05, 0.1) is 4.90 Å². The van der Waals surface area contributed by atoms with Gasteiger partial charge < -0.3 is 4.55 Å². The van der Waals surface area contributed by atoms with Crippen LogP contribution in [0.3, 0.4) is 0 Å². The van der Waals surface area contributed by atoms with Gasteiger partial charge in [0.2, 0.25) is 0 Å². The van der Waals surface area contributed by atoms with Gasteiger partial charge in [0.15, 0.2) is 0 Å². The predicted molar refractivity (Wildman–Crippen MR) is 87.6 cm³/mol. The third-order valence-corrected chi connectivity index (χ3v) is 7.02. The van der Waals surface area contributed by atoms with Crippen LogP contribution in [0.1, 0.15) is 51.9 Å². The Morgan fingerprint density at radius 1 is 1.27 bits per heavy atom. The van der Waals surface area contributed by atoms with E-state index in [9.17, 15) is 13.0 Å². The third-order valence-electron chi connectivity index (χ3n) is 4.26. The molecule has 0 aliphatic heterocycles. The van der Waals surface area contributed by atoms with E-state index < -0.39 is 10.1 Å². The maximum Gasteiger partial charge on any atom is 1.00 e. The first kappa shape index (κ1) is 20.6. The predicted octanol–water partition coefficient (Wildman–Crippen LogP) is 0.647. The Hall–Kier alpha value is 0.560. The smallest absolute Gasteiger partial charge is 0.744 e. The SMILES string of the molecule is CCCCC1CCCC(Pc2ccccc2S(=O)(=O)[O-])C1.[Na+]. The van der Waals surface area contributed by atoms with E-state index in [2.05, 4.69) is 6.92 Å². The van der Waals surface area contributed by atoms with Crippen LogP contribution in [0.4, 0.5) is 0 Å². The summed E-state index contributed by atoms with van der Waals surface area (Å²) < 4.78 is 34.0. The molecule has 0 spiro atoms. The van der Waals surface area contributed by atoms with Crippen LogP contribution < -0.4 is 34.9 Å². The summed E-state index contributed by atoms with van der Waals surface area (Å²) in [5.74, 6) is 0.784. The van der Waals surface area contributed by atoms with Gasteiger partial charge in [0, 0.05) is 0 Å². The summed E-state index contributed by atoms with van der Waals surface area (Å²) in [6.45, 7) is 2.22. The molecule has 0 bridgehead atoms. The maximum absolute atomic E-state index is 11.3. The van der Waals surface area contributed by atoms with Gasteiger partial charge >= 0.3 is 29.6 Å². The van der Waals surface area contributed by atoms with E-state index in [1.807, 2.05) is 6.07 Å². The van der Waals surface area contributed by atoms with E-state index in [1.165, 1.54) is 44.6 Å². The molecule has 3 atom stereocenters. The Labute approximate surface area is 158 Å². The van der Waals surface area contributed by atoms with Gasteiger partial charge in [-0.2, -0.15) is 0 Å². The zero-order valence-corrected chi connectivity index (χ0v) is 17.4. The van der Waals surface area contributed by atoms with Crippen LogP contribution in [0.25, 0.3) is 0 Å². The van der Waals surface area contributed by atoms with E-state index in [0.717, 1.165) is 17.6 Å². The molecule has 0 N–H and O–H groups in total. The molecule has 1 aromatic rings. The number of unbranched alkanes of at least 4 members (excludes halogenated alkanes) is 1. The van der Waals surface area contributed by atoms with Crippen LogP contribution in [0, 0.1) is 5.92 Å². The molecule has 1 aromatic carbocycles. The molecule has 2 rings (SSSR count). The van der Waals surface area contributed by atoms with Crippen molar-refractivity contribution in [1.29, 1.82) is 0 Å². The van der Waals surface area contributed by atoms with Crippen molar-refractivity contribution in [2.24, 2.45) is 5.92 Å². The van der Waals surface area contributed by atoms with Crippen molar-refractivity contribution in [2.75, 3.05) is 0 Å². The summed E-state index contributed by atoms with van der Waals surface area (Å²) in [5, 5.41) is 0.730. The van der Waals surface area contributed by atoms with Crippen molar-refractivity contribution >= 4 is 24.0 Å². The number of benzene rings is 1. The van der Waals surface area contributed by atoms with Crippen molar-refractivity contribution in [1.82, 2.24) is 0 Å². The van der Waals surface area contributed by atoms with Crippen molar-refractivity contribution in [3.8, 4) is 0 Å². The zero-order valence-electron chi connectivity index (χ0n) is 13.5. The van der Waals surface area contributed by atoms with Crippen LogP contribution in [0.15, 0.2) is 29.2 Å². The summed E-state index contributed by atoms with van der Waals surface area (Å²) in [6, 6.07) is 6.71. The fourth-order valence-corrected chi connectivity index (χ4v) is 5.99. The first-order valence-electron chi connectivity index (χ1n) is 7.82. The van der Waals surface area contributed by atoms with Gasteiger partial charge in [0.1, 0.15) is 10.1 Å². The molecule has 1 aliphatic rings. The van der Waals surface area contributed by atoms with Crippen molar-refractivity contribution < 1.29 is 42.5 Å². The first-order chi connectivity index (χ1) is 10.0. The molecular formula is C16H24NaO3PS. The Balaban J connectivity index is 0.00000242. The van der Waals surface area contributed by atoms with Crippen LogP contribution >= 0.6 is 8.58 Å². The number of rotatable bonds is 6. The van der Waals surface area contributed by atoms with Crippen LogP contribution in [-0.4, -0.2) is 18.6 Å². The molecule has 3 unspecified atom stereocenters. The Kier molecular flexibility index (Phi) is 9.14. The molecule has 6 heteroatoms. The quantitative estimate of drug-likeness (QED) is 0.430. The monoisotopic (exact) mass is 350 g/mol. The second kappa shape index (κ2) is 9.76. The Bertz CT molecular complexity index is 562. The Morgan fingerprint density at radius 2 is 2.00 bits per heavy atom. The van der Waals surface area contributed by atoms with Gasteiger partial charge in [0.25, 0.3) is 0 Å². The molecule has 118 valence electrons. The van der Waals surface area contributed by atoms with Crippen LogP contribution in [0.2, 0.25) is 0 Å². The minimum Gasteiger partial charge on any atom is -0.744 e. The van der Waals surface area contributed by atoms with E-state index in [0.29, 0.717) is 14.2 Å². The number of hydrogen-bond acceptors (Lipinski definition) is 3. The van der Waals surface area contributed by atoms with Gasteiger partial charge in [-0.1, -0.05) is 65.8 Å².